The van der Waals surface area contributed by atoms with Crippen molar-refractivity contribution in [1.82, 2.24) is 9.97 Å². The quantitative estimate of drug-likeness (QED) is 0.845. The summed E-state index contributed by atoms with van der Waals surface area (Å²) in [4.78, 5) is 10.5. The summed E-state index contributed by atoms with van der Waals surface area (Å²) >= 11 is 3.49. The first-order valence-electron chi connectivity index (χ1n) is 5.38. The Kier molecular flexibility index (Phi) is 3.24. The molecule has 82 valence electrons. The summed E-state index contributed by atoms with van der Waals surface area (Å²) < 4.78 is 0.971. The van der Waals surface area contributed by atoms with Crippen LogP contribution < -0.4 is 4.90 Å². The smallest absolute Gasteiger partial charge is 0.146 e. The van der Waals surface area contributed by atoms with E-state index in [4.69, 9.17) is 0 Å². The molecule has 15 heavy (non-hydrogen) atoms. The van der Waals surface area contributed by atoms with Crippen LogP contribution in [0.15, 0.2) is 17.0 Å². The number of halogens is 1. The Hall–Kier alpha value is -0.640. The highest BCUT2D eigenvalue weighted by atomic mass is 79.9. The van der Waals surface area contributed by atoms with Gasteiger partial charge in [-0.25, -0.2) is 9.97 Å². The number of aromatic nitrogens is 2. The van der Waals surface area contributed by atoms with Crippen molar-refractivity contribution in [2.24, 2.45) is 5.92 Å². The van der Waals surface area contributed by atoms with Crippen LogP contribution in [0.25, 0.3) is 0 Å². The highest BCUT2D eigenvalue weighted by Crippen LogP contribution is 2.34. The molecule has 0 radical (unpaired) electrons. The molecule has 1 heterocycles. The van der Waals surface area contributed by atoms with Crippen LogP contribution >= 0.6 is 15.9 Å². The number of hydrogen-bond donors (Lipinski definition) is 0. The molecule has 1 atom stereocenters. The van der Waals surface area contributed by atoms with Crippen LogP contribution in [0.2, 0.25) is 0 Å². The van der Waals surface area contributed by atoms with E-state index in [1.54, 1.807) is 12.5 Å². The molecule has 1 unspecified atom stereocenters. The Morgan fingerprint density at radius 2 is 2.27 bits per heavy atom. The van der Waals surface area contributed by atoms with Gasteiger partial charge < -0.3 is 4.90 Å². The fourth-order valence-corrected chi connectivity index (χ4v) is 2.50. The fourth-order valence-electron chi connectivity index (χ4n) is 2.00. The van der Waals surface area contributed by atoms with Crippen LogP contribution in [-0.2, 0) is 0 Å². The van der Waals surface area contributed by atoms with Gasteiger partial charge in [0, 0.05) is 19.3 Å². The predicted octanol–water partition coefficient (Wildman–Crippen LogP) is 2.86. The molecule has 3 nitrogen and oxygen atoms in total. The third kappa shape index (κ3) is 2.14. The number of anilines is 1. The summed E-state index contributed by atoms with van der Waals surface area (Å²) in [5, 5.41) is 0. The molecule has 2 rings (SSSR count). The Labute approximate surface area is 99.0 Å². The van der Waals surface area contributed by atoms with Crippen LogP contribution in [0.3, 0.4) is 0 Å². The van der Waals surface area contributed by atoms with E-state index in [2.05, 4.69) is 44.8 Å². The first-order valence-corrected chi connectivity index (χ1v) is 6.18. The van der Waals surface area contributed by atoms with Gasteiger partial charge in [0.2, 0.25) is 0 Å². The number of hydrogen-bond acceptors (Lipinski definition) is 3. The molecule has 0 N–H and O–H groups in total. The fraction of sp³-hybridized carbons (Fsp3) is 0.636. The van der Waals surface area contributed by atoms with E-state index in [0.29, 0.717) is 6.04 Å². The molecule has 0 bridgehead atoms. The van der Waals surface area contributed by atoms with Crippen LogP contribution in [0, 0.1) is 5.92 Å². The molecule has 1 aliphatic carbocycles. The molecule has 0 aliphatic heterocycles. The normalized spacial score (nSPS) is 18.3. The Morgan fingerprint density at radius 1 is 1.53 bits per heavy atom. The maximum atomic E-state index is 4.31. The summed E-state index contributed by atoms with van der Waals surface area (Å²) in [7, 11) is 2.11. The molecule has 1 aliphatic rings. The summed E-state index contributed by atoms with van der Waals surface area (Å²) in [6, 6.07) is 0.560. The summed E-state index contributed by atoms with van der Waals surface area (Å²) in [5.41, 5.74) is 0. The van der Waals surface area contributed by atoms with Crippen molar-refractivity contribution in [2.75, 3.05) is 11.9 Å². The molecular formula is C11H16BrN3. The Balaban J connectivity index is 2.12. The van der Waals surface area contributed by atoms with Crippen molar-refractivity contribution in [3.05, 3.63) is 17.0 Å². The molecule has 1 fully saturated rings. The van der Waals surface area contributed by atoms with Gasteiger partial charge in [-0.1, -0.05) is 6.42 Å². The van der Waals surface area contributed by atoms with Gasteiger partial charge in [-0.2, -0.15) is 0 Å². The number of rotatable bonds is 3. The molecule has 1 saturated carbocycles. The molecule has 1 aromatic rings. The lowest BCUT2D eigenvalue weighted by atomic mass is 9.80. The standard InChI is InChI=1S/C11H16BrN3/c1-8(9-4-3-5-9)15(2)11-10(12)6-13-7-14-11/h6-9H,3-5H2,1-2H3. The lowest BCUT2D eigenvalue weighted by Crippen LogP contribution is -2.39. The van der Waals surface area contributed by atoms with Gasteiger partial charge >= 0.3 is 0 Å². The zero-order chi connectivity index (χ0) is 10.8. The number of nitrogens with zero attached hydrogens (tertiary/aromatic N) is 3. The molecule has 1 aromatic heterocycles. The molecule has 0 spiro atoms. The van der Waals surface area contributed by atoms with E-state index < -0.39 is 0 Å². The molecular weight excluding hydrogens is 254 g/mol. The maximum Gasteiger partial charge on any atom is 0.146 e. The minimum Gasteiger partial charge on any atom is -0.356 e. The SMILES string of the molecule is CC(C1CCC1)N(C)c1ncncc1Br. The monoisotopic (exact) mass is 269 g/mol. The van der Waals surface area contributed by atoms with Crippen molar-refractivity contribution >= 4 is 21.7 Å². The topological polar surface area (TPSA) is 29.0 Å². The minimum absolute atomic E-state index is 0.560. The van der Waals surface area contributed by atoms with E-state index in [1.807, 2.05) is 0 Å². The lowest BCUT2D eigenvalue weighted by molar-refractivity contribution is 0.267. The zero-order valence-electron chi connectivity index (χ0n) is 9.15. The van der Waals surface area contributed by atoms with E-state index >= 15 is 0 Å². The van der Waals surface area contributed by atoms with Crippen molar-refractivity contribution in [3.63, 3.8) is 0 Å². The average Bonchev–Trinajstić information content (AvgIpc) is 2.15. The van der Waals surface area contributed by atoms with Crippen LogP contribution in [0.1, 0.15) is 26.2 Å². The van der Waals surface area contributed by atoms with E-state index in [0.717, 1.165) is 16.2 Å². The van der Waals surface area contributed by atoms with Gasteiger partial charge in [0.15, 0.2) is 0 Å². The zero-order valence-corrected chi connectivity index (χ0v) is 10.7. The highest BCUT2D eigenvalue weighted by molar-refractivity contribution is 9.10. The summed E-state index contributed by atoms with van der Waals surface area (Å²) in [6.07, 6.45) is 7.49. The third-order valence-corrected chi connectivity index (χ3v) is 3.98. The van der Waals surface area contributed by atoms with Gasteiger partial charge in [-0.15, -0.1) is 0 Å². The van der Waals surface area contributed by atoms with Crippen molar-refractivity contribution < 1.29 is 0 Å². The van der Waals surface area contributed by atoms with Crippen molar-refractivity contribution in [1.29, 1.82) is 0 Å². The van der Waals surface area contributed by atoms with Crippen LogP contribution in [-0.4, -0.2) is 23.1 Å². The van der Waals surface area contributed by atoms with Crippen LogP contribution in [0.5, 0.6) is 0 Å². The lowest BCUT2D eigenvalue weighted by Gasteiger charge is -2.38. The first kappa shape index (κ1) is 10.9. The van der Waals surface area contributed by atoms with Gasteiger partial charge in [0.1, 0.15) is 12.1 Å². The summed E-state index contributed by atoms with van der Waals surface area (Å²) in [5.74, 6) is 1.82. The summed E-state index contributed by atoms with van der Waals surface area (Å²) in [6.45, 7) is 2.28. The minimum atomic E-state index is 0.560. The first-order chi connectivity index (χ1) is 7.20. The average molecular weight is 270 g/mol. The Morgan fingerprint density at radius 3 is 2.80 bits per heavy atom. The largest absolute Gasteiger partial charge is 0.356 e. The van der Waals surface area contributed by atoms with Crippen molar-refractivity contribution in [3.8, 4) is 0 Å². The highest BCUT2D eigenvalue weighted by Gasteiger charge is 2.27. The van der Waals surface area contributed by atoms with Crippen molar-refractivity contribution in [2.45, 2.75) is 32.2 Å². The van der Waals surface area contributed by atoms with E-state index in [1.165, 1.54) is 19.3 Å². The predicted molar refractivity (Wildman–Crippen MR) is 64.9 cm³/mol. The van der Waals surface area contributed by atoms with Crippen LogP contribution in [0.4, 0.5) is 5.82 Å². The second-order valence-electron chi connectivity index (χ2n) is 4.24. The van der Waals surface area contributed by atoms with Gasteiger partial charge in [0.25, 0.3) is 0 Å². The van der Waals surface area contributed by atoms with E-state index in [-0.39, 0.29) is 0 Å². The second-order valence-corrected chi connectivity index (χ2v) is 5.09. The molecule has 0 aromatic carbocycles. The van der Waals surface area contributed by atoms with Gasteiger partial charge in [0.05, 0.1) is 4.47 Å². The van der Waals surface area contributed by atoms with Gasteiger partial charge in [-0.05, 0) is 41.6 Å². The maximum absolute atomic E-state index is 4.31. The van der Waals surface area contributed by atoms with Gasteiger partial charge in [-0.3, -0.25) is 0 Å². The second kappa shape index (κ2) is 4.47. The molecule has 4 heteroatoms. The third-order valence-electron chi connectivity index (χ3n) is 3.43. The molecule has 0 amide bonds. The Bertz CT molecular complexity index is 338. The van der Waals surface area contributed by atoms with E-state index in [9.17, 15) is 0 Å². The molecule has 0 saturated heterocycles.